The molecule has 0 saturated carbocycles. The van der Waals surface area contributed by atoms with Crippen LogP contribution < -0.4 is 5.32 Å². The Hall–Kier alpha value is -3.29. The Kier molecular flexibility index (Phi) is 4.78. The molecule has 0 radical (unpaired) electrons. The summed E-state index contributed by atoms with van der Waals surface area (Å²) in [5, 5.41) is 3.22. The smallest absolute Gasteiger partial charge is 0.271 e. The molecule has 1 atom stereocenters. The fraction of sp³-hybridized carbons (Fsp3) is 0.316. The zero-order valence-corrected chi connectivity index (χ0v) is 15.1. The van der Waals surface area contributed by atoms with Gasteiger partial charge in [-0.1, -0.05) is 6.07 Å². The molecule has 27 heavy (non-hydrogen) atoms. The van der Waals surface area contributed by atoms with Crippen molar-refractivity contribution in [3.8, 4) is 0 Å². The molecule has 1 saturated heterocycles. The molecule has 8 heteroatoms. The summed E-state index contributed by atoms with van der Waals surface area (Å²) in [5.41, 5.74) is 1.47. The van der Waals surface area contributed by atoms with E-state index in [1.807, 2.05) is 36.1 Å². The summed E-state index contributed by atoms with van der Waals surface area (Å²) in [6.45, 7) is 3.26. The summed E-state index contributed by atoms with van der Waals surface area (Å²) in [7, 11) is 0. The van der Waals surface area contributed by atoms with Crippen molar-refractivity contribution >= 4 is 17.5 Å². The highest BCUT2D eigenvalue weighted by Crippen LogP contribution is 2.28. The Morgan fingerprint density at radius 2 is 2.22 bits per heavy atom. The first-order chi connectivity index (χ1) is 13.2. The molecule has 3 aromatic heterocycles. The van der Waals surface area contributed by atoms with Crippen LogP contribution in [0.25, 0.3) is 0 Å². The molecule has 0 unspecified atom stereocenters. The first-order valence-electron chi connectivity index (χ1n) is 9.00. The lowest BCUT2D eigenvalue weighted by Gasteiger charge is -2.32. The number of carbonyl (C=O) groups excluding carboxylic acids is 1. The van der Waals surface area contributed by atoms with Gasteiger partial charge in [0.05, 0.1) is 18.2 Å². The van der Waals surface area contributed by atoms with E-state index >= 15 is 0 Å². The van der Waals surface area contributed by atoms with E-state index in [0.717, 1.165) is 30.9 Å². The number of H-pyrrole nitrogens is 1. The minimum absolute atomic E-state index is 0.0187. The zero-order valence-electron chi connectivity index (χ0n) is 15.1. The van der Waals surface area contributed by atoms with Crippen LogP contribution in [0, 0.1) is 6.92 Å². The average Bonchev–Trinajstić information content (AvgIpc) is 3.23. The average molecular weight is 363 g/mol. The number of carbonyl (C=O) groups is 1. The lowest BCUT2D eigenvalue weighted by molar-refractivity contribution is 0.0700. The summed E-state index contributed by atoms with van der Waals surface area (Å²) in [5.74, 6) is 2.31. The van der Waals surface area contributed by atoms with Crippen molar-refractivity contribution < 1.29 is 4.79 Å². The minimum atomic E-state index is -0.0187. The molecule has 0 spiro atoms. The second kappa shape index (κ2) is 7.53. The van der Waals surface area contributed by atoms with E-state index in [1.54, 1.807) is 12.4 Å². The SMILES string of the molecule is Cc1nc(Nc2ccccn2)cc([C@H]2CCCN(C(=O)c3cnc[nH]3)C2)n1. The van der Waals surface area contributed by atoms with Crippen molar-refractivity contribution in [1.29, 1.82) is 0 Å². The Morgan fingerprint density at radius 1 is 1.30 bits per heavy atom. The Bertz CT molecular complexity index is 911. The molecule has 3 aromatic rings. The van der Waals surface area contributed by atoms with Crippen LogP contribution in [-0.4, -0.2) is 48.8 Å². The van der Waals surface area contributed by atoms with Crippen molar-refractivity contribution in [3.63, 3.8) is 0 Å². The third-order valence-electron chi connectivity index (χ3n) is 4.63. The predicted octanol–water partition coefficient (Wildman–Crippen LogP) is 2.67. The summed E-state index contributed by atoms with van der Waals surface area (Å²) < 4.78 is 0. The van der Waals surface area contributed by atoms with Gasteiger partial charge in [0.25, 0.3) is 5.91 Å². The number of anilines is 2. The molecule has 1 aliphatic heterocycles. The molecule has 0 bridgehead atoms. The molecule has 1 amide bonds. The molecular weight excluding hydrogens is 342 g/mol. The maximum Gasteiger partial charge on any atom is 0.271 e. The molecule has 0 aliphatic carbocycles. The number of hydrogen-bond acceptors (Lipinski definition) is 6. The number of nitrogens with zero attached hydrogens (tertiary/aromatic N) is 5. The zero-order chi connectivity index (χ0) is 18.6. The summed E-state index contributed by atoms with van der Waals surface area (Å²) in [6.07, 6.45) is 6.76. The number of aromatic nitrogens is 5. The number of rotatable bonds is 4. The van der Waals surface area contributed by atoms with Gasteiger partial charge in [-0.15, -0.1) is 0 Å². The van der Waals surface area contributed by atoms with Crippen LogP contribution in [0.3, 0.4) is 0 Å². The highest BCUT2D eigenvalue weighted by Gasteiger charge is 2.27. The summed E-state index contributed by atoms with van der Waals surface area (Å²) >= 11 is 0. The molecule has 8 nitrogen and oxygen atoms in total. The molecule has 138 valence electrons. The van der Waals surface area contributed by atoms with Crippen molar-refractivity contribution in [1.82, 2.24) is 29.8 Å². The van der Waals surface area contributed by atoms with Crippen LogP contribution >= 0.6 is 0 Å². The Morgan fingerprint density at radius 3 is 3.00 bits per heavy atom. The number of aromatic amines is 1. The molecule has 1 aliphatic rings. The fourth-order valence-corrected chi connectivity index (χ4v) is 3.38. The normalized spacial score (nSPS) is 16.9. The van der Waals surface area contributed by atoms with E-state index in [-0.39, 0.29) is 11.8 Å². The topological polar surface area (TPSA) is 99.7 Å². The second-order valence-corrected chi connectivity index (χ2v) is 6.62. The maximum absolute atomic E-state index is 12.6. The minimum Gasteiger partial charge on any atom is -0.341 e. The van der Waals surface area contributed by atoms with Gasteiger partial charge in [-0.2, -0.15) is 0 Å². The Labute approximate surface area is 157 Å². The monoisotopic (exact) mass is 363 g/mol. The number of imidazole rings is 1. The number of hydrogen-bond donors (Lipinski definition) is 2. The van der Waals surface area contributed by atoms with Gasteiger partial charge in [-0.05, 0) is 31.9 Å². The standard InChI is InChI=1S/C19H21N7O/c1-13-23-15(9-18(24-13)25-17-6-2-3-7-21-17)14-5-4-8-26(11-14)19(27)16-10-20-12-22-16/h2-3,6-7,9-10,12,14H,4-5,8,11H2,1H3,(H,20,22)(H,21,23,24,25)/t14-/m0/s1. The van der Waals surface area contributed by atoms with Crippen LogP contribution in [0.5, 0.6) is 0 Å². The van der Waals surface area contributed by atoms with Crippen LogP contribution in [0.1, 0.15) is 40.8 Å². The van der Waals surface area contributed by atoms with Crippen LogP contribution in [0.2, 0.25) is 0 Å². The number of nitrogens with one attached hydrogen (secondary N) is 2. The first-order valence-corrected chi connectivity index (χ1v) is 9.00. The van der Waals surface area contributed by atoms with Gasteiger partial charge in [0.15, 0.2) is 0 Å². The quantitative estimate of drug-likeness (QED) is 0.739. The molecule has 4 heterocycles. The molecule has 2 N–H and O–H groups in total. The first kappa shape index (κ1) is 17.1. The summed E-state index contributed by atoms with van der Waals surface area (Å²) in [6, 6.07) is 7.64. The third kappa shape index (κ3) is 3.94. The van der Waals surface area contributed by atoms with Gasteiger partial charge in [0.1, 0.15) is 23.2 Å². The molecule has 0 aromatic carbocycles. The van der Waals surface area contributed by atoms with E-state index in [0.29, 0.717) is 23.9 Å². The van der Waals surface area contributed by atoms with Crippen LogP contribution in [-0.2, 0) is 0 Å². The van der Waals surface area contributed by atoms with E-state index < -0.39 is 0 Å². The number of piperidine rings is 1. The van der Waals surface area contributed by atoms with Crippen molar-refractivity contribution in [2.75, 3.05) is 18.4 Å². The lowest BCUT2D eigenvalue weighted by atomic mass is 9.94. The van der Waals surface area contributed by atoms with Crippen LogP contribution in [0.15, 0.2) is 43.0 Å². The van der Waals surface area contributed by atoms with Gasteiger partial charge in [-0.3, -0.25) is 4.79 Å². The van der Waals surface area contributed by atoms with Crippen LogP contribution in [0.4, 0.5) is 11.6 Å². The van der Waals surface area contributed by atoms with Gasteiger partial charge in [0, 0.05) is 31.3 Å². The third-order valence-corrected chi connectivity index (χ3v) is 4.63. The number of likely N-dealkylation sites (tertiary alicyclic amines) is 1. The molecule has 1 fully saturated rings. The maximum atomic E-state index is 12.6. The van der Waals surface area contributed by atoms with Gasteiger partial charge >= 0.3 is 0 Å². The largest absolute Gasteiger partial charge is 0.341 e. The fourth-order valence-electron chi connectivity index (χ4n) is 3.38. The van der Waals surface area contributed by atoms with Gasteiger partial charge in [0.2, 0.25) is 0 Å². The van der Waals surface area contributed by atoms with E-state index in [1.165, 1.54) is 6.33 Å². The predicted molar refractivity (Wildman–Crippen MR) is 101 cm³/mol. The second-order valence-electron chi connectivity index (χ2n) is 6.62. The Balaban J connectivity index is 1.53. The van der Waals surface area contributed by atoms with Crippen molar-refractivity contribution in [2.24, 2.45) is 0 Å². The van der Waals surface area contributed by atoms with Crippen molar-refractivity contribution in [3.05, 3.63) is 60.2 Å². The van der Waals surface area contributed by atoms with Gasteiger partial charge < -0.3 is 15.2 Å². The van der Waals surface area contributed by atoms with E-state index in [9.17, 15) is 4.79 Å². The lowest BCUT2D eigenvalue weighted by Crippen LogP contribution is -2.39. The molecular formula is C19H21N7O. The summed E-state index contributed by atoms with van der Waals surface area (Å²) in [4.78, 5) is 34.7. The van der Waals surface area contributed by atoms with E-state index in [2.05, 4.69) is 30.2 Å². The molecule has 4 rings (SSSR count). The van der Waals surface area contributed by atoms with Crippen molar-refractivity contribution in [2.45, 2.75) is 25.7 Å². The highest BCUT2D eigenvalue weighted by atomic mass is 16.2. The van der Waals surface area contributed by atoms with E-state index in [4.69, 9.17) is 0 Å². The van der Waals surface area contributed by atoms with Gasteiger partial charge in [-0.25, -0.2) is 19.9 Å². The number of pyridine rings is 1. The number of aryl methyl sites for hydroxylation is 1. The highest BCUT2D eigenvalue weighted by molar-refractivity contribution is 5.92. The number of amides is 1.